The standard InChI is InChI=1S/C31H38FN3O2/c1-5-26(36)8-6-7-9-29(37)35-30-27(34-28(19-33-30)23-10-12-25(32)13-11-23)18-31-15-20(2)14-24(17-31)22(4)21(3)16-31/h5-6,8,10-13,19-21,36H,7,9,14-18H2,1-4H3,(H,33,35,37)/b8-6-,26-5+. The van der Waals surface area contributed by atoms with Gasteiger partial charge in [0.15, 0.2) is 5.82 Å². The third-order valence-corrected chi connectivity index (χ3v) is 7.91. The Morgan fingerprint density at radius 1 is 1.24 bits per heavy atom. The molecule has 6 heteroatoms. The van der Waals surface area contributed by atoms with E-state index in [2.05, 4.69) is 31.1 Å². The van der Waals surface area contributed by atoms with Gasteiger partial charge >= 0.3 is 0 Å². The Hall–Kier alpha value is -3.28. The van der Waals surface area contributed by atoms with Gasteiger partial charge in [-0.2, -0.15) is 0 Å². The summed E-state index contributed by atoms with van der Waals surface area (Å²) in [6.07, 6.45) is 12.6. The number of carbonyl (C=O) groups excluding carboxylic acids is 1. The van der Waals surface area contributed by atoms with Gasteiger partial charge in [0, 0.05) is 12.0 Å². The van der Waals surface area contributed by atoms with Crippen LogP contribution in [0.4, 0.5) is 10.2 Å². The van der Waals surface area contributed by atoms with Gasteiger partial charge in [0.05, 0.1) is 17.6 Å². The number of aliphatic hydroxyl groups is 1. The van der Waals surface area contributed by atoms with Crippen LogP contribution in [0.25, 0.3) is 11.3 Å². The van der Waals surface area contributed by atoms with Crippen LogP contribution in [0.1, 0.15) is 71.9 Å². The van der Waals surface area contributed by atoms with Crippen LogP contribution < -0.4 is 5.32 Å². The van der Waals surface area contributed by atoms with Gasteiger partial charge in [0.25, 0.3) is 0 Å². The number of allylic oxidation sites excluding steroid dienone is 5. The van der Waals surface area contributed by atoms with E-state index in [1.54, 1.807) is 54.6 Å². The molecule has 5 nitrogen and oxygen atoms in total. The first-order valence-electron chi connectivity index (χ1n) is 13.3. The lowest BCUT2D eigenvalue weighted by Crippen LogP contribution is -2.37. The van der Waals surface area contributed by atoms with Gasteiger partial charge in [-0.05, 0) is 106 Å². The molecule has 1 heterocycles. The number of nitrogens with one attached hydrogen (secondary N) is 1. The number of aromatic nitrogens is 2. The Balaban J connectivity index is 1.62. The molecular formula is C31H38FN3O2. The third-order valence-electron chi connectivity index (χ3n) is 7.91. The summed E-state index contributed by atoms with van der Waals surface area (Å²) in [5.74, 6) is 1.39. The normalized spacial score (nSPS) is 24.0. The van der Waals surface area contributed by atoms with Crippen molar-refractivity contribution >= 4 is 11.7 Å². The number of benzene rings is 1. The number of rotatable bonds is 8. The van der Waals surface area contributed by atoms with Crippen molar-refractivity contribution in [2.24, 2.45) is 17.3 Å². The summed E-state index contributed by atoms with van der Waals surface area (Å²) in [5.41, 5.74) is 5.48. The quantitative estimate of drug-likeness (QED) is 0.220. The maximum Gasteiger partial charge on any atom is 0.225 e. The second-order valence-corrected chi connectivity index (χ2v) is 11.0. The first kappa shape index (κ1) is 26.8. The number of carbonyl (C=O) groups is 1. The summed E-state index contributed by atoms with van der Waals surface area (Å²) in [7, 11) is 0. The zero-order chi connectivity index (χ0) is 26.6. The van der Waals surface area contributed by atoms with E-state index in [9.17, 15) is 14.3 Å². The molecule has 0 spiro atoms. The van der Waals surface area contributed by atoms with E-state index < -0.39 is 0 Å². The van der Waals surface area contributed by atoms with Crippen molar-refractivity contribution in [1.82, 2.24) is 9.97 Å². The molecule has 196 valence electrons. The molecule has 2 aliphatic carbocycles. The molecule has 0 saturated heterocycles. The third kappa shape index (κ3) is 6.54. The van der Waals surface area contributed by atoms with Crippen molar-refractivity contribution < 1.29 is 14.3 Å². The lowest BCUT2D eigenvalue weighted by Gasteiger charge is -2.48. The average molecular weight is 504 g/mol. The van der Waals surface area contributed by atoms with E-state index in [0.29, 0.717) is 29.8 Å². The van der Waals surface area contributed by atoms with Gasteiger partial charge in [-0.3, -0.25) is 4.79 Å². The van der Waals surface area contributed by atoms with Crippen molar-refractivity contribution in [3.8, 4) is 11.3 Å². The number of halogens is 1. The van der Waals surface area contributed by atoms with Gasteiger partial charge in [0.2, 0.25) is 5.91 Å². The van der Waals surface area contributed by atoms with Crippen molar-refractivity contribution in [3.05, 3.63) is 77.1 Å². The van der Waals surface area contributed by atoms with E-state index in [-0.39, 0.29) is 29.3 Å². The molecule has 2 N–H and O–H groups in total. The van der Waals surface area contributed by atoms with Gasteiger partial charge in [-0.1, -0.05) is 31.1 Å². The summed E-state index contributed by atoms with van der Waals surface area (Å²) in [6, 6.07) is 6.27. The highest BCUT2D eigenvalue weighted by Gasteiger charge is 2.43. The molecule has 3 unspecified atom stereocenters. The van der Waals surface area contributed by atoms with E-state index in [1.165, 1.54) is 18.6 Å². The fourth-order valence-electron chi connectivity index (χ4n) is 6.12. The Bertz CT molecular complexity index is 1230. The molecule has 1 aromatic heterocycles. The highest BCUT2D eigenvalue weighted by Crippen LogP contribution is 2.54. The van der Waals surface area contributed by atoms with Crippen molar-refractivity contribution in [3.63, 3.8) is 0 Å². The second kappa shape index (κ2) is 11.4. The van der Waals surface area contributed by atoms with Crippen molar-refractivity contribution in [2.45, 2.75) is 72.6 Å². The number of anilines is 1. The fraction of sp³-hybridized carbons (Fsp3) is 0.452. The molecule has 1 saturated carbocycles. The molecule has 0 aliphatic heterocycles. The SMILES string of the molecule is C/C=C(O)\C=C/CCC(=O)Nc1ncc(-c2ccc(F)cc2)nc1CC12CC(=C(C)C(C)C1)CC(C)C2. The van der Waals surface area contributed by atoms with E-state index in [1.807, 2.05) is 0 Å². The summed E-state index contributed by atoms with van der Waals surface area (Å²) in [4.78, 5) is 22.4. The van der Waals surface area contributed by atoms with Crippen LogP contribution in [0, 0.1) is 23.1 Å². The van der Waals surface area contributed by atoms with Gasteiger partial charge in [-0.15, -0.1) is 0 Å². The van der Waals surface area contributed by atoms with Crippen LogP contribution in [0.2, 0.25) is 0 Å². The van der Waals surface area contributed by atoms with Crippen LogP contribution in [0.3, 0.4) is 0 Å². The molecule has 4 rings (SSSR count). The molecular weight excluding hydrogens is 465 g/mol. The molecule has 37 heavy (non-hydrogen) atoms. The number of fused-ring (bicyclic) bond motifs is 2. The van der Waals surface area contributed by atoms with E-state index in [4.69, 9.17) is 4.98 Å². The summed E-state index contributed by atoms with van der Waals surface area (Å²) in [6.45, 7) is 8.69. The highest BCUT2D eigenvalue weighted by atomic mass is 19.1. The minimum Gasteiger partial charge on any atom is -0.508 e. The predicted molar refractivity (Wildman–Crippen MR) is 146 cm³/mol. The molecule has 2 bridgehead atoms. The predicted octanol–water partition coefficient (Wildman–Crippen LogP) is 7.72. The number of hydrogen-bond acceptors (Lipinski definition) is 4. The molecule has 1 fully saturated rings. The van der Waals surface area contributed by atoms with E-state index in [0.717, 1.165) is 36.9 Å². The van der Waals surface area contributed by atoms with Crippen LogP contribution in [0.5, 0.6) is 0 Å². The average Bonchev–Trinajstić information content (AvgIpc) is 2.86. The van der Waals surface area contributed by atoms with Crippen molar-refractivity contribution in [2.75, 3.05) is 5.32 Å². The number of nitrogens with zero attached hydrogens (tertiary/aromatic N) is 2. The van der Waals surface area contributed by atoms with Gasteiger partial charge < -0.3 is 10.4 Å². The lowest BCUT2D eigenvalue weighted by molar-refractivity contribution is -0.116. The molecule has 2 aromatic rings. The minimum absolute atomic E-state index is 0.0915. The monoisotopic (exact) mass is 503 g/mol. The zero-order valence-corrected chi connectivity index (χ0v) is 22.4. The maximum absolute atomic E-state index is 13.5. The van der Waals surface area contributed by atoms with Gasteiger partial charge in [0.1, 0.15) is 11.6 Å². The zero-order valence-electron chi connectivity index (χ0n) is 22.4. The second-order valence-electron chi connectivity index (χ2n) is 11.0. The molecule has 0 radical (unpaired) electrons. The van der Waals surface area contributed by atoms with Crippen LogP contribution in [0.15, 0.2) is 65.6 Å². The first-order chi connectivity index (χ1) is 17.7. The largest absolute Gasteiger partial charge is 0.508 e. The topological polar surface area (TPSA) is 75.1 Å². The maximum atomic E-state index is 13.5. The van der Waals surface area contributed by atoms with Gasteiger partial charge in [-0.25, -0.2) is 14.4 Å². The summed E-state index contributed by atoms with van der Waals surface area (Å²) in [5, 5.41) is 12.5. The smallest absolute Gasteiger partial charge is 0.225 e. The Labute approximate surface area is 219 Å². The minimum atomic E-state index is -0.293. The van der Waals surface area contributed by atoms with Crippen LogP contribution in [-0.2, 0) is 11.2 Å². The Morgan fingerprint density at radius 3 is 2.73 bits per heavy atom. The lowest BCUT2D eigenvalue weighted by atomic mass is 9.57. The highest BCUT2D eigenvalue weighted by molar-refractivity contribution is 5.90. The number of aliphatic hydroxyl groups excluding tert-OH is 1. The fourth-order valence-corrected chi connectivity index (χ4v) is 6.12. The first-order valence-corrected chi connectivity index (χ1v) is 13.3. The van der Waals surface area contributed by atoms with Crippen LogP contribution >= 0.6 is 0 Å². The number of hydrogen-bond donors (Lipinski definition) is 2. The Morgan fingerprint density at radius 2 is 2.00 bits per heavy atom. The van der Waals surface area contributed by atoms with Crippen LogP contribution in [-0.4, -0.2) is 21.0 Å². The van der Waals surface area contributed by atoms with Crippen molar-refractivity contribution in [1.29, 1.82) is 0 Å². The Kier molecular flexibility index (Phi) is 8.25. The number of amides is 1. The summed E-state index contributed by atoms with van der Waals surface area (Å²) < 4.78 is 13.5. The van der Waals surface area contributed by atoms with E-state index >= 15 is 0 Å². The summed E-state index contributed by atoms with van der Waals surface area (Å²) >= 11 is 0. The molecule has 3 atom stereocenters. The molecule has 2 aliphatic rings. The molecule has 1 amide bonds. The molecule has 1 aromatic carbocycles.